The maximum Gasteiger partial charge on any atom is 0.311 e. The minimum Gasteiger partial charge on any atom is -0.508 e. The van der Waals surface area contributed by atoms with Crippen molar-refractivity contribution in [1.82, 2.24) is 4.57 Å². The van der Waals surface area contributed by atoms with Crippen molar-refractivity contribution >= 4 is 22.8 Å². The highest BCUT2D eigenvalue weighted by Crippen LogP contribution is 2.37. The predicted molar refractivity (Wildman–Crippen MR) is 99.7 cm³/mol. The molecule has 0 saturated carbocycles. The van der Waals surface area contributed by atoms with E-state index in [4.69, 9.17) is 0 Å². The number of nitrogens with zero attached hydrogens (tertiary/aromatic N) is 1. The molecule has 27 heavy (non-hydrogen) atoms. The number of rotatable bonds is 4. The van der Waals surface area contributed by atoms with Gasteiger partial charge in [0.15, 0.2) is 0 Å². The fraction of sp³-hybridized carbons (Fsp3) is 0.238. The molecular weight excluding hydrogens is 349 g/mol. The van der Waals surface area contributed by atoms with Gasteiger partial charge in [0.2, 0.25) is 0 Å². The molecule has 0 aliphatic carbocycles. The number of hydrogen-bond acceptors (Lipinski definition) is 3. The normalized spacial score (nSPS) is 12.5. The molecule has 1 aromatic heterocycles. The largest absolute Gasteiger partial charge is 0.508 e. The number of carboxylic acid groups (broad SMARTS) is 1. The Hall–Kier alpha value is -3.15. The molecule has 0 radical (unpaired) electrons. The molecule has 0 saturated heterocycles. The van der Waals surface area contributed by atoms with Gasteiger partial charge in [-0.2, -0.15) is 0 Å². The molecule has 3 aromatic rings. The van der Waals surface area contributed by atoms with Crippen molar-refractivity contribution in [3.63, 3.8) is 0 Å². The Morgan fingerprint density at radius 2 is 1.81 bits per heavy atom. The topological polar surface area (TPSA) is 79.5 Å². The van der Waals surface area contributed by atoms with Crippen LogP contribution in [-0.4, -0.2) is 26.7 Å². The summed E-state index contributed by atoms with van der Waals surface area (Å²) in [6.45, 7) is 5.25. The monoisotopic (exact) mass is 369 g/mol. The van der Waals surface area contributed by atoms with E-state index in [9.17, 15) is 24.2 Å². The first kappa shape index (κ1) is 18.6. The third-order valence-corrected chi connectivity index (χ3v) is 4.75. The summed E-state index contributed by atoms with van der Waals surface area (Å²) in [6.07, 6.45) is 0. The molecular formula is C21H20FNO4. The Balaban J connectivity index is 2.33. The highest BCUT2D eigenvalue weighted by molar-refractivity contribution is 6.05. The van der Waals surface area contributed by atoms with Crippen LogP contribution in [0.1, 0.15) is 41.4 Å². The molecule has 0 aliphatic heterocycles. The van der Waals surface area contributed by atoms with E-state index in [0.29, 0.717) is 22.2 Å². The van der Waals surface area contributed by atoms with E-state index >= 15 is 0 Å². The van der Waals surface area contributed by atoms with Crippen LogP contribution < -0.4 is 0 Å². The second-order valence-electron chi connectivity index (χ2n) is 6.91. The molecule has 5 nitrogen and oxygen atoms in total. The Morgan fingerprint density at radius 3 is 2.41 bits per heavy atom. The Kier molecular flexibility index (Phi) is 4.74. The highest BCUT2D eigenvalue weighted by Gasteiger charge is 2.31. The maximum absolute atomic E-state index is 13.6. The summed E-state index contributed by atoms with van der Waals surface area (Å²) in [5, 5.41) is 20.2. The van der Waals surface area contributed by atoms with Crippen LogP contribution in [-0.2, 0) is 4.79 Å². The number of carbonyl (C=O) groups excluding carboxylic acids is 1. The van der Waals surface area contributed by atoms with Crippen molar-refractivity contribution < 1.29 is 24.2 Å². The lowest BCUT2D eigenvalue weighted by Crippen LogP contribution is -2.19. The van der Waals surface area contributed by atoms with Gasteiger partial charge in [-0.15, -0.1) is 0 Å². The average Bonchev–Trinajstić information content (AvgIpc) is 2.86. The molecule has 1 heterocycles. The van der Waals surface area contributed by atoms with Gasteiger partial charge < -0.3 is 10.2 Å². The van der Waals surface area contributed by atoms with Gasteiger partial charge in [0, 0.05) is 16.6 Å². The third-order valence-electron chi connectivity index (χ3n) is 4.75. The molecule has 2 N–H and O–H groups in total. The Bertz CT molecular complexity index is 1050. The van der Waals surface area contributed by atoms with Gasteiger partial charge in [-0.25, -0.2) is 4.39 Å². The van der Waals surface area contributed by atoms with Crippen LogP contribution in [0.25, 0.3) is 10.9 Å². The number of carbonyl (C=O) groups is 2. The van der Waals surface area contributed by atoms with Crippen molar-refractivity contribution in [2.45, 2.75) is 26.7 Å². The number of hydrogen-bond donors (Lipinski definition) is 2. The predicted octanol–water partition coefficient (Wildman–Crippen LogP) is 4.31. The van der Waals surface area contributed by atoms with E-state index < -0.39 is 23.6 Å². The fourth-order valence-corrected chi connectivity index (χ4v) is 3.58. The number of benzene rings is 2. The zero-order valence-electron chi connectivity index (χ0n) is 15.2. The Morgan fingerprint density at radius 1 is 1.11 bits per heavy atom. The summed E-state index contributed by atoms with van der Waals surface area (Å²) in [5.74, 6) is -3.09. The summed E-state index contributed by atoms with van der Waals surface area (Å²) in [6, 6.07) is 9.82. The lowest BCUT2D eigenvalue weighted by molar-refractivity contribution is -0.139. The van der Waals surface area contributed by atoms with E-state index in [0.717, 1.165) is 6.07 Å². The van der Waals surface area contributed by atoms with E-state index in [1.165, 1.54) is 34.9 Å². The Labute approximate surface area is 155 Å². The van der Waals surface area contributed by atoms with Gasteiger partial charge >= 0.3 is 5.97 Å². The first-order valence-corrected chi connectivity index (χ1v) is 8.59. The second kappa shape index (κ2) is 6.87. The van der Waals surface area contributed by atoms with Crippen LogP contribution in [0.3, 0.4) is 0 Å². The van der Waals surface area contributed by atoms with E-state index in [1.54, 1.807) is 26.8 Å². The number of phenolic OH excluding ortho intramolecular Hbond substituents is 1. The average molecular weight is 369 g/mol. The summed E-state index contributed by atoms with van der Waals surface area (Å²) in [4.78, 5) is 25.0. The number of aliphatic carboxylic acids is 1. The number of halogens is 1. The first-order chi connectivity index (χ1) is 12.7. The standard InChI is InChI=1S/C21H20FNO4/c1-11(2)18(21(26)27)19-12(3)23(17-8-7-15(24)10-16(17)19)20(25)13-5-4-6-14(22)9-13/h4-11,18,24H,1-3H3,(H,26,27). The third kappa shape index (κ3) is 3.18. The summed E-state index contributed by atoms with van der Waals surface area (Å²) < 4.78 is 15.0. The number of fused-ring (bicyclic) bond motifs is 1. The van der Waals surface area contributed by atoms with Crippen LogP contribution in [0, 0.1) is 18.7 Å². The second-order valence-corrected chi connectivity index (χ2v) is 6.91. The smallest absolute Gasteiger partial charge is 0.311 e. The van der Waals surface area contributed by atoms with Crippen LogP contribution in [0.2, 0.25) is 0 Å². The quantitative estimate of drug-likeness (QED) is 0.718. The molecule has 0 fully saturated rings. The van der Waals surface area contributed by atoms with Crippen LogP contribution in [0.15, 0.2) is 42.5 Å². The number of aromatic nitrogens is 1. The van der Waals surface area contributed by atoms with Gasteiger partial charge in [-0.05, 0) is 54.8 Å². The number of carboxylic acids is 1. The van der Waals surface area contributed by atoms with Gasteiger partial charge in [0.25, 0.3) is 5.91 Å². The molecule has 0 spiro atoms. The molecule has 1 unspecified atom stereocenters. The van der Waals surface area contributed by atoms with Gasteiger partial charge in [0.1, 0.15) is 11.6 Å². The van der Waals surface area contributed by atoms with Crippen molar-refractivity contribution in [2.24, 2.45) is 5.92 Å². The van der Waals surface area contributed by atoms with Gasteiger partial charge in [0.05, 0.1) is 11.4 Å². The zero-order valence-corrected chi connectivity index (χ0v) is 15.2. The molecule has 0 bridgehead atoms. The fourth-order valence-electron chi connectivity index (χ4n) is 3.58. The van der Waals surface area contributed by atoms with Crippen molar-refractivity contribution in [2.75, 3.05) is 0 Å². The lowest BCUT2D eigenvalue weighted by Gasteiger charge is -2.17. The van der Waals surface area contributed by atoms with E-state index in [-0.39, 0.29) is 17.2 Å². The lowest BCUT2D eigenvalue weighted by atomic mass is 9.86. The molecule has 3 rings (SSSR count). The minimum absolute atomic E-state index is 0.0213. The molecule has 1 atom stereocenters. The maximum atomic E-state index is 13.6. The van der Waals surface area contributed by atoms with Crippen LogP contribution in [0.4, 0.5) is 4.39 Å². The van der Waals surface area contributed by atoms with Crippen molar-refractivity contribution in [1.29, 1.82) is 0 Å². The minimum atomic E-state index is -1.01. The van der Waals surface area contributed by atoms with Crippen LogP contribution in [0.5, 0.6) is 5.75 Å². The molecule has 140 valence electrons. The van der Waals surface area contributed by atoms with Crippen molar-refractivity contribution in [3.8, 4) is 5.75 Å². The van der Waals surface area contributed by atoms with E-state index in [2.05, 4.69) is 0 Å². The van der Waals surface area contributed by atoms with Crippen molar-refractivity contribution in [3.05, 3.63) is 65.1 Å². The van der Waals surface area contributed by atoms with Gasteiger partial charge in [-0.3, -0.25) is 14.2 Å². The number of aromatic hydroxyl groups is 1. The summed E-state index contributed by atoms with van der Waals surface area (Å²) in [7, 11) is 0. The summed E-state index contributed by atoms with van der Waals surface area (Å²) in [5.41, 5.74) is 1.58. The number of phenols is 1. The van der Waals surface area contributed by atoms with E-state index in [1.807, 2.05) is 0 Å². The van der Waals surface area contributed by atoms with Crippen LogP contribution >= 0.6 is 0 Å². The molecule has 6 heteroatoms. The first-order valence-electron chi connectivity index (χ1n) is 8.59. The zero-order chi connectivity index (χ0) is 19.9. The van der Waals surface area contributed by atoms with Gasteiger partial charge in [-0.1, -0.05) is 19.9 Å². The molecule has 2 aromatic carbocycles. The highest BCUT2D eigenvalue weighted by atomic mass is 19.1. The molecule has 0 aliphatic rings. The summed E-state index contributed by atoms with van der Waals surface area (Å²) >= 11 is 0. The molecule has 0 amide bonds. The SMILES string of the molecule is Cc1c(C(C(=O)O)C(C)C)c2cc(O)ccc2n1C(=O)c1cccc(F)c1.